The van der Waals surface area contributed by atoms with Crippen LogP contribution in [0.25, 0.3) is 5.69 Å². The summed E-state index contributed by atoms with van der Waals surface area (Å²) in [5.74, 6) is -3.08. The lowest BCUT2D eigenvalue weighted by atomic mass is 9.91. The number of aromatic nitrogens is 2. The molecule has 1 aromatic heterocycles. The number of fused-ring (bicyclic) bond motifs is 1. The Morgan fingerprint density at radius 2 is 1.71 bits per heavy atom. The fourth-order valence-corrected chi connectivity index (χ4v) is 3.93. The van der Waals surface area contributed by atoms with Gasteiger partial charge in [0.1, 0.15) is 17.1 Å². The van der Waals surface area contributed by atoms with Gasteiger partial charge in [-0.1, -0.05) is 30.3 Å². The zero-order chi connectivity index (χ0) is 25.4. The van der Waals surface area contributed by atoms with E-state index in [2.05, 4.69) is 0 Å². The molecule has 1 unspecified atom stereocenters. The normalized spacial score (nSPS) is 17.0. The number of hydrogen-bond acceptors (Lipinski definition) is 5. The summed E-state index contributed by atoms with van der Waals surface area (Å²) in [5, 5.41) is 3.72. The first-order valence-corrected chi connectivity index (χ1v) is 10.4. The van der Waals surface area contributed by atoms with E-state index in [4.69, 9.17) is 4.74 Å². The van der Waals surface area contributed by atoms with E-state index in [0.29, 0.717) is 11.3 Å². The Bertz CT molecular complexity index is 1400. The summed E-state index contributed by atoms with van der Waals surface area (Å²) >= 11 is 0. The highest BCUT2D eigenvalue weighted by atomic mass is 19.4. The van der Waals surface area contributed by atoms with Crippen molar-refractivity contribution < 1.29 is 27.5 Å². The molecule has 4 rings (SSSR count). The molecule has 0 bridgehead atoms. The first-order valence-electron chi connectivity index (χ1n) is 10.4. The minimum absolute atomic E-state index is 0.0528. The van der Waals surface area contributed by atoms with Gasteiger partial charge in [-0.15, -0.1) is 0 Å². The lowest BCUT2D eigenvalue weighted by molar-refractivity contribution is -0.200. The maximum atomic E-state index is 14.4. The van der Waals surface area contributed by atoms with Crippen LogP contribution in [-0.2, 0) is 21.5 Å². The topological polar surface area (TPSA) is 122 Å². The van der Waals surface area contributed by atoms with Gasteiger partial charge < -0.3 is 15.4 Å². The van der Waals surface area contributed by atoms with Gasteiger partial charge in [0.2, 0.25) is 11.4 Å². The first kappa shape index (κ1) is 23.8. The van der Waals surface area contributed by atoms with Crippen LogP contribution in [-0.4, -0.2) is 34.7 Å². The van der Waals surface area contributed by atoms with Gasteiger partial charge in [0, 0.05) is 6.42 Å². The van der Waals surface area contributed by atoms with E-state index in [1.165, 1.54) is 31.4 Å². The van der Waals surface area contributed by atoms with E-state index in [-0.39, 0.29) is 18.5 Å². The molecule has 0 radical (unpaired) electrons. The molecule has 0 saturated carbocycles. The van der Waals surface area contributed by atoms with Crippen molar-refractivity contribution in [1.82, 2.24) is 14.9 Å². The standard InChI is InChI=1S/C23H19F3N4O5/c1-35-15-10-8-14(9-11-15)30-18-17(19(32)28-21(30)34)22(20(33)27-18,23(24,25)26)29-16(31)12-7-13-5-3-2-4-6-13/h2-6,8-11H,7,12H2,1H3,(H,27,33)(H,29,31)(H,28,32,34). The third-order valence-corrected chi connectivity index (χ3v) is 5.62. The molecule has 0 aliphatic carbocycles. The fourth-order valence-electron chi connectivity index (χ4n) is 3.93. The molecule has 35 heavy (non-hydrogen) atoms. The molecule has 9 nitrogen and oxygen atoms in total. The quantitative estimate of drug-likeness (QED) is 0.490. The number of halogens is 3. The molecule has 2 amide bonds. The Labute approximate surface area is 195 Å². The predicted octanol–water partition coefficient (Wildman–Crippen LogP) is 1.99. The lowest BCUT2D eigenvalue weighted by Gasteiger charge is -2.30. The van der Waals surface area contributed by atoms with Crippen molar-refractivity contribution in [3.05, 3.63) is 86.6 Å². The van der Waals surface area contributed by atoms with Gasteiger partial charge >= 0.3 is 11.9 Å². The fraction of sp³-hybridized carbons (Fsp3) is 0.217. The van der Waals surface area contributed by atoms with Gasteiger partial charge in [-0.05, 0) is 36.2 Å². The number of rotatable bonds is 6. The van der Waals surface area contributed by atoms with Gasteiger partial charge in [-0.3, -0.25) is 19.4 Å². The number of hydrogen-bond donors (Lipinski definition) is 3. The number of carbonyl (C=O) groups is 2. The second-order valence-electron chi connectivity index (χ2n) is 7.75. The molecular formula is C23H19F3N4O5. The summed E-state index contributed by atoms with van der Waals surface area (Å²) in [6.45, 7) is 0. The van der Waals surface area contributed by atoms with Crippen LogP contribution in [0.5, 0.6) is 5.75 Å². The maximum Gasteiger partial charge on any atom is 0.425 e. The van der Waals surface area contributed by atoms with Crippen LogP contribution >= 0.6 is 0 Å². The number of benzene rings is 2. The number of ether oxygens (including phenoxy) is 1. The molecule has 3 N–H and O–H groups in total. The predicted molar refractivity (Wildman–Crippen MR) is 118 cm³/mol. The van der Waals surface area contributed by atoms with Crippen LogP contribution in [0, 0.1) is 0 Å². The Morgan fingerprint density at radius 3 is 2.31 bits per heavy atom. The van der Waals surface area contributed by atoms with Crippen LogP contribution in [0.2, 0.25) is 0 Å². The molecule has 2 aromatic carbocycles. The molecule has 12 heteroatoms. The SMILES string of the molecule is COc1ccc(-n2c3c(c(=O)[nH]c2=O)C(NC(=O)CCc2ccccc2)(C(F)(F)F)C(=O)N3)cc1. The van der Waals surface area contributed by atoms with E-state index >= 15 is 0 Å². The van der Waals surface area contributed by atoms with E-state index in [1.807, 2.05) is 10.3 Å². The van der Waals surface area contributed by atoms with Crippen molar-refractivity contribution in [2.75, 3.05) is 12.4 Å². The van der Waals surface area contributed by atoms with Crippen LogP contribution in [0.3, 0.4) is 0 Å². The van der Waals surface area contributed by atoms with Gasteiger partial charge in [0.15, 0.2) is 0 Å². The van der Waals surface area contributed by atoms with E-state index in [1.54, 1.807) is 35.6 Å². The van der Waals surface area contributed by atoms with Crippen LogP contribution in [0.15, 0.2) is 64.2 Å². The Balaban J connectivity index is 1.81. The summed E-state index contributed by atoms with van der Waals surface area (Å²) in [6.07, 6.45) is -5.67. The number of nitrogens with one attached hydrogen (secondary N) is 3. The lowest BCUT2D eigenvalue weighted by Crippen LogP contribution is -2.62. The Morgan fingerprint density at radius 1 is 1.06 bits per heavy atom. The van der Waals surface area contributed by atoms with E-state index in [0.717, 1.165) is 4.57 Å². The van der Waals surface area contributed by atoms with Gasteiger partial charge in [0.05, 0.1) is 12.8 Å². The third-order valence-electron chi connectivity index (χ3n) is 5.62. The van der Waals surface area contributed by atoms with Gasteiger partial charge in [-0.25, -0.2) is 9.36 Å². The average Bonchev–Trinajstić information content (AvgIpc) is 3.11. The van der Waals surface area contributed by atoms with Crippen molar-refractivity contribution in [2.24, 2.45) is 0 Å². The molecule has 1 atom stereocenters. The number of alkyl halides is 3. The van der Waals surface area contributed by atoms with Crippen molar-refractivity contribution in [3.8, 4) is 11.4 Å². The zero-order valence-corrected chi connectivity index (χ0v) is 18.2. The number of anilines is 1. The minimum atomic E-state index is -5.40. The molecule has 0 fully saturated rings. The number of H-pyrrole nitrogens is 1. The smallest absolute Gasteiger partial charge is 0.425 e. The Kier molecular flexibility index (Phi) is 5.97. The molecule has 1 aliphatic heterocycles. The highest BCUT2D eigenvalue weighted by Gasteiger charge is 2.68. The molecule has 182 valence electrons. The number of amides is 2. The van der Waals surface area contributed by atoms with Gasteiger partial charge in [0.25, 0.3) is 11.5 Å². The monoisotopic (exact) mass is 488 g/mol. The maximum absolute atomic E-state index is 14.4. The van der Waals surface area contributed by atoms with Crippen LogP contribution in [0.1, 0.15) is 17.5 Å². The molecule has 0 spiro atoms. The van der Waals surface area contributed by atoms with Crippen molar-refractivity contribution >= 4 is 17.6 Å². The summed E-state index contributed by atoms with van der Waals surface area (Å²) < 4.78 is 49.1. The number of carbonyl (C=O) groups excluding carboxylic acids is 2. The zero-order valence-electron chi connectivity index (χ0n) is 18.2. The number of aromatic amines is 1. The van der Waals surface area contributed by atoms with Gasteiger partial charge in [-0.2, -0.15) is 13.2 Å². The second kappa shape index (κ2) is 8.78. The summed E-state index contributed by atoms with van der Waals surface area (Å²) in [5.41, 5.74) is -6.59. The van der Waals surface area contributed by atoms with Crippen molar-refractivity contribution in [1.29, 1.82) is 0 Å². The molecular weight excluding hydrogens is 469 g/mol. The second-order valence-corrected chi connectivity index (χ2v) is 7.75. The summed E-state index contributed by atoms with van der Waals surface area (Å²) in [7, 11) is 1.40. The van der Waals surface area contributed by atoms with Crippen molar-refractivity contribution in [3.63, 3.8) is 0 Å². The molecule has 3 aromatic rings. The summed E-state index contributed by atoms with van der Waals surface area (Å²) in [4.78, 5) is 52.5. The minimum Gasteiger partial charge on any atom is -0.497 e. The Hall–Kier alpha value is -4.35. The highest BCUT2D eigenvalue weighted by molar-refractivity contribution is 6.07. The van der Waals surface area contributed by atoms with Crippen LogP contribution < -0.4 is 26.6 Å². The number of methoxy groups -OCH3 is 1. The number of aryl methyl sites for hydroxylation is 1. The van der Waals surface area contributed by atoms with E-state index in [9.17, 15) is 32.3 Å². The summed E-state index contributed by atoms with van der Waals surface area (Å²) in [6, 6.07) is 14.2. The van der Waals surface area contributed by atoms with E-state index < -0.39 is 46.2 Å². The largest absolute Gasteiger partial charge is 0.497 e. The van der Waals surface area contributed by atoms with Crippen LogP contribution in [0.4, 0.5) is 19.0 Å². The average molecular weight is 488 g/mol. The van der Waals surface area contributed by atoms with Crippen molar-refractivity contribution in [2.45, 2.75) is 24.6 Å². The molecule has 1 aliphatic rings. The molecule has 2 heterocycles. The first-order chi connectivity index (χ1) is 16.6. The highest BCUT2D eigenvalue weighted by Crippen LogP contribution is 2.45. The third kappa shape index (κ3) is 4.07. The number of nitrogens with zero attached hydrogens (tertiary/aromatic N) is 1. The molecule has 0 saturated heterocycles.